The Hall–Kier alpha value is -0.880. The second-order valence-corrected chi connectivity index (χ2v) is 7.40. The van der Waals surface area contributed by atoms with E-state index in [1.807, 2.05) is 39.0 Å². The lowest BCUT2D eigenvalue weighted by atomic mass is 9.90. The van der Waals surface area contributed by atoms with Crippen molar-refractivity contribution in [1.82, 2.24) is 0 Å². The van der Waals surface area contributed by atoms with Gasteiger partial charge in [0.15, 0.2) is 5.12 Å². The van der Waals surface area contributed by atoms with Crippen LogP contribution < -0.4 is 0 Å². The Bertz CT molecular complexity index is 514. The fraction of sp³-hybridized carbons (Fsp3) is 0.650. The van der Waals surface area contributed by atoms with Crippen molar-refractivity contribution in [2.45, 2.75) is 58.5 Å². The molecule has 0 aliphatic carbocycles. The van der Waals surface area contributed by atoms with Gasteiger partial charge in [-0.2, -0.15) is 0 Å². The lowest BCUT2D eigenvalue weighted by Crippen LogP contribution is -2.50. The van der Waals surface area contributed by atoms with Crippen LogP contribution in [0.25, 0.3) is 0 Å². The lowest BCUT2D eigenvalue weighted by molar-refractivity contribution is -0.410. The summed E-state index contributed by atoms with van der Waals surface area (Å²) in [6, 6.07) is 10.3. The minimum Gasteiger partial charge on any atom is -0.328 e. The maximum atomic E-state index is 12.5. The summed E-state index contributed by atoms with van der Waals surface area (Å²) < 4.78 is 17.9. The molecule has 1 saturated heterocycles. The number of aryl methyl sites for hydroxylation is 1. The predicted molar refractivity (Wildman–Crippen MR) is 101 cm³/mol. The zero-order valence-electron chi connectivity index (χ0n) is 15.5. The smallest absolute Gasteiger partial charge is 0.283 e. The fourth-order valence-corrected chi connectivity index (χ4v) is 4.08. The van der Waals surface area contributed by atoms with Crippen molar-refractivity contribution in [3.63, 3.8) is 0 Å². The molecule has 1 fully saturated rings. The highest BCUT2D eigenvalue weighted by atomic mass is 32.2. The number of hydrogen-bond donors (Lipinski definition) is 0. The Balaban J connectivity index is 2.11. The molecular formula is C20H30O4S. The Morgan fingerprint density at radius 2 is 1.88 bits per heavy atom. The molecule has 1 aromatic carbocycles. The molecule has 1 aliphatic rings. The van der Waals surface area contributed by atoms with Crippen molar-refractivity contribution in [3.8, 4) is 0 Å². The average Bonchev–Trinajstić information content (AvgIpc) is 2.61. The number of carbonyl (C=O) groups is 1. The van der Waals surface area contributed by atoms with Crippen molar-refractivity contribution in [2.24, 2.45) is 5.92 Å². The molecule has 0 bridgehead atoms. The molecule has 0 N–H and O–H groups in total. The van der Waals surface area contributed by atoms with Crippen LogP contribution in [0.15, 0.2) is 30.3 Å². The third kappa shape index (κ3) is 5.81. The first-order valence-corrected chi connectivity index (χ1v) is 10.3. The number of carbonyl (C=O) groups excluding carboxylic acids is 1. The zero-order chi connectivity index (χ0) is 18.1. The summed E-state index contributed by atoms with van der Waals surface area (Å²) in [7, 11) is 0. The van der Waals surface area contributed by atoms with E-state index in [0.29, 0.717) is 19.6 Å². The minimum atomic E-state index is -1.00. The summed E-state index contributed by atoms with van der Waals surface area (Å²) in [5.41, 5.74) is 1.25. The van der Waals surface area contributed by atoms with Crippen molar-refractivity contribution in [3.05, 3.63) is 35.9 Å². The van der Waals surface area contributed by atoms with E-state index in [0.717, 1.165) is 25.0 Å². The van der Waals surface area contributed by atoms with Crippen LogP contribution in [-0.2, 0) is 25.4 Å². The fourth-order valence-electron chi connectivity index (χ4n) is 3.32. The SMILES string of the molecule is CCOC1(OCC)CC[C@@H](C(=O)SCC)[C@@H](CCc2ccccc2)O1. The summed E-state index contributed by atoms with van der Waals surface area (Å²) in [5.74, 6) is -0.302. The second-order valence-electron chi connectivity index (χ2n) is 6.13. The van der Waals surface area contributed by atoms with E-state index < -0.39 is 5.97 Å². The molecule has 0 saturated carbocycles. The predicted octanol–water partition coefficient (Wildman–Crippen LogP) is 4.42. The molecule has 5 heteroatoms. The van der Waals surface area contributed by atoms with Gasteiger partial charge in [-0.15, -0.1) is 0 Å². The monoisotopic (exact) mass is 366 g/mol. The van der Waals surface area contributed by atoms with Crippen molar-refractivity contribution in [2.75, 3.05) is 19.0 Å². The molecule has 2 rings (SSSR count). The van der Waals surface area contributed by atoms with E-state index >= 15 is 0 Å². The summed E-state index contributed by atoms with van der Waals surface area (Å²) in [4.78, 5) is 12.5. The van der Waals surface area contributed by atoms with Gasteiger partial charge < -0.3 is 14.2 Å². The van der Waals surface area contributed by atoms with Crippen LogP contribution >= 0.6 is 11.8 Å². The van der Waals surface area contributed by atoms with E-state index in [1.165, 1.54) is 17.3 Å². The topological polar surface area (TPSA) is 44.8 Å². The Kier molecular flexibility index (Phi) is 8.43. The highest BCUT2D eigenvalue weighted by Gasteiger charge is 2.45. The van der Waals surface area contributed by atoms with E-state index in [4.69, 9.17) is 14.2 Å². The largest absolute Gasteiger partial charge is 0.328 e. The molecule has 1 aromatic rings. The molecule has 140 valence electrons. The zero-order valence-corrected chi connectivity index (χ0v) is 16.3. The van der Waals surface area contributed by atoms with Crippen molar-refractivity contribution >= 4 is 16.9 Å². The first-order valence-electron chi connectivity index (χ1n) is 9.30. The van der Waals surface area contributed by atoms with Gasteiger partial charge in [0.25, 0.3) is 5.97 Å². The van der Waals surface area contributed by atoms with Gasteiger partial charge in [0.05, 0.1) is 12.0 Å². The Morgan fingerprint density at radius 1 is 1.20 bits per heavy atom. The van der Waals surface area contributed by atoms with E-state index in [9.17, 15) is 4.79 Å². The molecule has 0 unspecified atom stereocenters. The summed E-state index contributed by atoms with van der Waals surface area (Å²) in [6.45, 7) is 6.93. The van der Waals surface area contributed by atoms with E-state index in [-0.39, 0.29) is 17.1 Å². The highest BCUT2D eigenvalue weighted by molar-refractivity contribution is 8.13. The van der Waals surface area contributed by atoms with Crippen LogP contribution in [0.4, 0.5) is 0 Å². The number of hydrogen-bond acceptors (Lipinski definition) is 5. The third-order valence-corrected chi connectivity index (χ3v) is 5.30. The lowest BCUT2D eigenvalue weighted by Gasteiger charge is -2.43. The highest BCUT2D eigenvalue weighted by Crippen LogP contribution is 2.38. The van der Waals surface area contributed by atoms with E-state index in [1.54, 1.807) is 0 Å². The van der Waals surface area contributed by atoms with Crippen LogP contribution in [0, 0.1) is 5.92 Å². The van der Waals surface area contributed by atoms with Gasteiger partial charge in [-0.05, 0) is 44.4 Å². The van der Waals surface area contributed by atoms with Gasteiger partial charge in [0, 0.05) is 19.6 Å². The van der Waals surface area contributed by atoms with Crippen molar-refractivity contribution < 1.29 is 19.0 Å². The molecule has 2 atom stereocenters. The molecule has 0 spiro atoms. The Labute approximate surface area is 155 Å². The second kappa shape index (κ2) is 10.3. The molecule has 0 radical (unpaired) electrons. The summed E-state index contributed by atoms with van der Waals surface area (Å²) >= 11 is 1.39. The van der Waals surface area contributed by atoms with Gasteiger partial charge in [0.1, 0.15) is 0 Å². The average molecular weight is 367 g/mol. The Morgan fingerprint density at radius 3 is 2.48 bits per heavy atom. The normalized spacial score (nSPS) is 22.7. The van der Waals surface area contributed by atoms with Gasteiger partial charge in [0.2, 0.25) is 0 Å². The summed E-state index contributed by atoms with van der Waals surface area (Å²) in [5, 5.41) is 0.224. The number of rotatable bonds is 9. The molecule has 1 heterocycles. The third-order valence-electron chi connectivity index (χ3n) is 4.42. The molecule has 25 heavy (non-hydrogen) atoms. The maximum absolute atomic E-state index is 12.5. The number of benzene rings is 1. The van der Waals surface area contributed by atoms with Crippen LogP contribution in [0.5, 0.6) is 0 Å². The quantitative estimate of drug-likeness (QED) is 0.605. The van der Waals surface area contributed by atoms with Gasteiger partial charge in [-0.3, -0.25) is 4.79 Å². The van der Waals surface area contributed by atoms with Gasteiger partial charge in [-0.1, -0.05) is 49.0 Å². The van der Waals surface area contributed by atoms with E-state index in [2.05, 4.69) is 12.1 Å². The molecule has 0 amide bonds. The minimum absolute atomic E-state index is 0.0947. The molecule has 1 aliphatic heterocycles. The molecule has 0 aromatic heterocycles. The maximum Gasteiger partial charge on any atom is 0.283 e. The van der Waals surface area contributed by atoms with Crippen LogP contribution in [0.3, 0.4) is 0 Å². The van der Waals surface area contributed by atoms with Crippen LogP contribution in [0.1, 0.15) is 45.6 Å². The van der Waals surface area contributed by atoms with Gasteiger partial charge in [-0.25, -0.2) is 0 Å². The molecule has 4 nitrogen and oxygen atoms in total. The summed E-state index contributed by atoms with van der Waals surface area (Å²) in [6.07, 6.45) is 2.81. The van der Waals surface area contributed by atoms with Crippen LogP contribution in [0.2, 0.25) is 0 Å². The molecular weight excluding hydrogens is 336 g/mol. The number of thioether (sulfide) groups is 1. The number of ether oxygens (including phenoxy) is 3. The van der Waals surface area contributed by atoms with Crippen molar-refractivity contribution in [1.29, 1.82) is 0 Å². The first-order chi connectivity index (χ1) is 12.1. The van der Waals surface area contributed by atoms with Crippen LogP contribution in [-0.4, -0.2) is 36.2 Å². The van der Waals surface area contributed by atoms with Gasteiger partial charge >= 0.3 is 0 Å². The standard InChI is InChI=1S/C20H30O4S/c1-4-22-20(23-5-2)15-14-17(19(21)25-6-3)18(24-20)13-12-16-10-8-7-9-11-16/h7-11,17-18H,4-6,12-15H2,1-3H3/t17-,18-/m1/s1. The first kappa shape index (κ1) is 20.4.